The zero-order valence-corrected chi connectivity index (χ0v) is 6.67. The first kappa shape index (κ1) is 8.64. The maximum absolute atomic E-state index is 12.8. The molecular weight excluding hydrogens is 159 g/mol. The fourth-order valence-electron chi connectivity index (χ4n) is 0.757. The second-order valence-corrected chi connectivity index (χ2v) is 2.34. The van der Waals surface area contributed by atoms with Crippen LogP contribution in [0.2, 0.25) is 0 Å². The summed E-state index contributed by atoms with van der Waals surface area (Å²) in [6.45, 7) is 1.52. The van der Waals surface area contributed by atoms with Crippen LogP contribution >= 0.6 is 0 Å². The highest BCUT2D eigenvalue weighted by molar-refractivity contribution is 5.72. The molecule has 0 saturated carbocycles. The number of hydrogen-bond donors (Lipinski definition) is 1. The summed E-state index contributed by atoms with van der Waals surface area (Å²) in [5.41, 5.74) is 0.257. The molecule has 1 aromatic rings. The van der Waals surface area contributed by atoms with E-state index in [1.165, 1.54) is 25.3 Å². The lowest BCUT2D eigenvalue weighted by Crippen LogP contribution is -2.20. The Morgan fingerprint density at radius 2 is 2.58 bits per heavy atom. The SMILES string of the molecule is CC(=O)NCc1ncccc1F.[HH]. The molecule has 3 nitrogen and oxygen atoms in total. The van der Waals surface area contributed by atoms with E-state index in [1.807, 2.05) is 0 Å². The minimum atomic E-state index is -0.397. The standard InChI is InChI=1S/C8H9FN2O.H2/c1-6(12)11-5-8-7(9)3-2-4-10-8;/h2-4H,5H2,1H3,(H,11,12);1H. The monoisotopic (exact) mass is 170 g/mol. The number of hydrogen-bond acceptors (Lipinski definition) is 2. The Balaban J connectivity index is 0.00000144. The maximum atomic E-state index is 12.8. The van der Waals surface area contributed by atoms with Gasteiger partial charge in [0, 0.05) is 14.5 Å². The number of pyridine rings is 1. The van der Waals surface area contributed by atoms with Gasteiger partial charge in [0.2, 0.25) is 5.91 Å². The van der Waals surface area contributed by atoms with Gasteiger partial charge in [-0.3, -0.25) is 9.78 Å². The second-order valence-electron chi connectivity index (χ2n) is 2.34. The van der Waals surface area contributed by atoms with Crippen LogP contribution in [0, 0.1) is 5.82 Å². The minimum absolute atomic E-state index is 0. The van der Waals surface area contributed by atoms with Gasteiger partial charge < -0.3 is 5.32 Å². The second kappa shape index (κ2) is 3.80. The van der Waals surface area contributed by atoms with E-state index in [2.05, 4.69) is 10.3 Å². The number of aromatic nitrogens is 1. The van der Waals surface area contributed by atoms with Crippen molar-refractivity contribution in [2.24, 2.45) is 0 Å². The average molecular weight is 170 g/mol. The molecule has 1 heterocycles. The molecular formula is C8H11FN2O. The van der Waals surface area contributed by atoms with E-state index in [1.54, 1.807) is 0 Å². The Kier molecular flexibility index (Phi) is 2.74. The number of carbonyl (C=O) groups is 1. The number of nitrogens with one attached hydrogen (secondary N) is 1. The average Bonchev–Trinajstić information content (AvgIpc) is 2.03. The Morgan fingerprint density at radius 3 is 3.17 bits per heavy atom. The van der Waals surface area contributed by atoms with Gasteiger partial charge in [-0.25, -0.2) is 4.39 Å². The van der Waals surface area contributed by atoms with Crippen molar-refractivity contribution in [3.8, 4) is 0 Å². The van der Waals surface area contributed by atoms with E-state index in [0.717, 1.165) is 0 Å². The first-order valence-electron chi connectivity index (χ1n) is 3.54. The largest absolute Gasteiger partial charge is 0.351 e. The third-order valence-electron chi connectivity index (χ3n) is 1.34. The van der Waals surface area contributed by atoms with Crippen LogP contribution < -0.4 is 5.32 Å². The van der Waals surface area contributed by atoms with E-state index in [0.29, 0.717) is 0 Å². The molecule has 1 rings (SSSR count). The lowest BCUT2D eigenvalue weighted by atomic mass is 10.3. The smallest absolute Gasteiger partial charge is 0.217 e. The van der Waals surface area contributed by atoms with Crippen molar-refractivity contribution < 1.29 is 10.6 Å². The van der Waals surface area contributed by atoms with Gasteiger partial charge in [-0.2, -0.15) is 0 Å². The van der Waals surface area contributed by atoms with Crippen LogP contribution in [0.15, 0.2) is 18.3 Å². The number of carbonyl (C=O) groups excluding carboxylic acids is 1. The normalized spacial score (nSPS) is 9.50. The number of nitrogens with zero attached hydrogens (tertiary/aromatic N) is 1. The minimum Gasteiger partial charge on any atom is -0.351 e. The Bertz CT molecular complexity index is 293. The molecule has 0 unspecified atom stereocenters. The summed E-state index contributed by atoms with van der Waals surface area (Å²) in [4.78, 5) is 14.2. The van der Waals surface area contributed by atoms with Crippen LogP contribution in [-0.4, -0.2) is 10.9 Å². The Morgan fingerprint density at radius 1 is 1.83 bits per heavy atom. The molecule has 4 heteroatoms. The zero-order chi connectivity index (χ0) is 8.97. The highest BCUT2D eigenvalue weighted by atomic mass is 19.1. The van der Waals surface area contributed by atoms with Gasteiger partial charge in [-0.1, -0.05) is 0 Å². The van der Waals surface area contributed by atoms with E-state index in [9.17, 15) is 9.18 Å². The van der Waals surface area contributed by atoms with Crippen molar-refractivity contribution >= 4 is 5.91 Å². The summed E-state index contributed by atoms with van der Waals surface area (Å²) in [5.74, 6) is -0.591. The predicted octanol–water partition coefficient (Wildman–Crippen LogP) is 1.10. The van der Waals surface area contributed by atoms with Gasteiger partial charge in [0.1, 0.15) is 5.82 Å². The topological polar surface area (TPSA) is 42.0 Å². The number of halogens is 1. The molecule has 1 N–H and O–H groups in total. The molecule has 0 radical (unpaired) electrons. The van der Waals surface area contributed by atoms with Gasteiger partial charge in [-0.15, -0.1) is 0 Å². The summed E-state index contributed by atoms with van der Waals surface area (Å²) >= 11 is 0. The van der Waals surface area contributed by atoms with Gasteiger partial charge in [0.05, 0.1) is 12.2 Å². The summed E-state index contributed by atoms with van der Waals surface area (Å²) < 4.78 is 12.8. The van der Waals surface area contributed by atoms with Crippen molar-refractivity contribution in [3.05, 3.63) is 29.8 Å². The highest BCUT2D eigenvalue weighted by Crippen LogP contribution is 2.00. The molecule has 0 atom stereocenters. The molecule has 12 heavy (non-hydrogen) atoms. The third kappa shape index (κ3) is 2.30. The molecule has 1 aromatic heterocycles. The summed E-state index contributed by atoms with van der Waals surface area (Å²) in [5, 5.41) is 2.46. The van der Waals surface area contributed by atoms with Crippen LogP contribution in [0.1, 0.15) is 14.0 Å². The van der Waals surface area contributed by atoms with Crippen LogP contribution in [0.4, 0.5) is 4.39 Å². The van der Waals surface area contributed by atoms with Crippen molar-refractivity contribution in [3.63, 3.8) is 0 Å². The lowest BCUT2D eigenvalue weighted by Gasteiger charge is -2.01. The van der Waals surface area contributed by atoms with E-state index in [-0.39, 0.29) is 19.6 Å². The Labute approximate surface area is 71.1 Å². The van der Waals surface area contributed by atoms with Crippen molar-refractivity contribution in [2.45, 2.75) is 13.5 Å². The molecule has 0 saturated heterocycles. The van der Waals surface area contributed by atoms with Crippen LogP contribution in [-0.2, 0) is 11.3 Å². The maximum Gasteiger partial charge on any atom is 0.217 e. The Hall–Kier alpha value is -1.45. The molecule has 0 aromatic carbocycles. The molecule has 1 amide bonds. The predicted molar refractivity (Wildman–Crippen MR) is 43.8 cm³/mol. The molecule has 0 aliphatic carbocycles. The van der Waals surface area contributed by atoms with Crippen LogP contribution in [0.3, 0.4) is 0 Å². The zero-order valence-electron chi connectivity index (χ0n) is 6.67. The molecule has 0 bridgehead atoms. The molecule has 0 spiro atoms. The summed E-state index contributed by atoms with van der Waals surface area (Å²) in [6.07, 6.45) is 1.49. The first-order valence-corrected chi connectivity index (χ1v) is 3.54. The highest BCUT2D eigenvalue weighted by Gasteiger charge is 2.01. The first-order chi connectivity index (χ1) is 5.70. The van der Waals surface area contributed by atoms with Crippen molar-refractivity contribution in [2.75, 3.05) is 0 Å². The van der Waals surface area contributed by atoms with Crippen LogP contribution in [0.5, 0.6) is 0 Å². The van der Waals surface area contributed by atoms with Gasteiger partial charge in [0.15, 0.2) is 0 Å². The quantitative estimate of drug-likeness (QED) is 0.722. The van der Waals surface area contributed by atoms with Crippen molar-refractivity contribution in [1.82, 2.24) is 10.3 Å². The fourth-order valence-corrected chi connectivity index (χ4v) is 0.757. The third-order valence-corrected chi connectivity index (χ3v) is 1.34. The van der Waals surface area contributed by atoms with Gasteiger partial charge >= 0.3 is 0 Å². The van der Waals surface area contributed by atoms with E-state index >= 15 is 0 Å². The fraction of sp³-hybridized carbons (Fsp3) is 0.250. The lowest BCUT2D eigenvalue weighted by molar-refractivity contribution is -0.119. The molecule has 0 fully saturated rings. The molecule has 66 valence electrons. The van der Waals surface area contributed by atoms with E-state index < -0.39 is 5.82 Å². The van der Waals surface area contributed by atoms with Gasteiger partial charge in [0.25, 0.3) is 0 Å². The number of rotatable bonds is 2. The van der Waals surface area contributed by atoms with E-state index in [4.69, 9.17) is 0 Å². The van der Waals surface area contributed by atoms with Crippen LogP contribution in [0.25, 0.3) is 0 Å². The summed E-state index contributed by atoms with van der Waals surface area (Å²) in [7, 11) is 0. The number of amides is 1. The van der Waals surface area contributed by atoms with Gasteiger partial charge in [-0.05, 0) is 12.1 Å². The van der Waals surface area contributed by atoms with Crippen molar-refractivity contribution in [1.29, 1.82) is 0 Å². The summed E-state index contributed by atoms with van der Waals surface area (Å²) in [6, 6.07) is 2.82. The molecule has 0 aliphatic rings. The molecule has 0 aliphatic heterocycles.